The molecule has 0 N–H and O–H groups in total. The number of tetrazole rings is 1. The number of aromatic nitrogens is 7. The van der Waals surface area contributed by atoms with E-state index < -0.39 is 0 Å². The van der Waals surface area contributed by atoms with Crippen LogP contribution in [0.1, 0.15) is 19.7 Å². The number of furan rings is 1. The zero-order chi connectivity index (χ0) is 18.6. The molecule has 0 aliphatic heterocycles. The van der Waals surface area contributed by atoms with Crippen molar-refractivity contribution < 1.29 is 4.42 Å². The molecular weight excluding hydrogens is 362 g/mol. The van der Waals surface area contributed by atoms with E-state index in [-0.39, 0.29) is 0 Å². The van der Waals surface area contributed by atoms with Gasteiger partial charge in [0.2, 0.25) is 0 Å². The molecule has 0 bridgehead atoms. The first-order chi connectivity index (χ1) is 13.2. The molecule has 4 rings (SSSR count). The van der Waals surface area contributed by atoms with Gasteiger partial charge in [0.15, 0.2) is 22.6 Å². The van der Waals surface area contributed by atoms with Gasteiger partial charge in [-0.05, 0) is 40.6 Å². The molecule has 3 aromatic heterocycles. The van der Waals surface area contributed by atoms with Crippen LogP contribution in [0.3, 0.4) is 0 Å². The van der Waals surface area contributed by atoms with E-state index in [0.717, 1.165) is 29.0 Å². The summed E-state index contributed by atoms with van der Waals surface area (Å²) >= 11 is 1.56. The van der Waals surface area contributed by atoms with Crippen LogP contribution >= 0.6 is 11.8 Å². The van der Waals surface area contributed by atoms with Gasteiger partial charge in [0, 0.05) is 6.54 Å². The Labute approximate surface area is 160 Å². The van der Waals surface area contributed by atoms with Gasteiger partial charge in [-0.3, -0.25) is 4.57 Å². The molecule has 0 unspecified atom stereocenters. The molecule has 27 heavy (non-hydrogen) atoms. The molecule has 0 saturated heterocycles. The zero-order valence-electron chi connectivity index (χ0n) is 15.1. The van der Waals surface area contributed by atoms with Crippen LogP contribution < -0.4 is 0 Å². The van der Waals surface area contributed by atoms with Gasteiger partial charge in [0.1, 0.15) is 0 Å². The Hall–Kier alpha value is -2.94. The summed E-state index contributed by atoms with van der Waals surface area (Å²) in [6.45, 7) is 5.13. The first-order valence-corrected chi connectivity index (χ1v) is 9.63. The van der Waals surface area contributed by atoms with Gasteiger partial charge >= 0.3 is 0 Å². The highest BCUT2D eigenvalue weighted by Crippen LogP contribution is 2.27. The van der Waals surface area contributed by atoms with Gasteiger partial charge in [-0.2, -0.15) is 4.68 Å². The quantitative estimate of drug-likeness (QED) is 0.453. The summed E-state index contributed by atoms with van der Waals surface area (Å²) in [7, 11) is 0. The minimum atomic E-state index is 0.448. The third-order valence-corrected chi connectivity index (χ3v) is 4.83. The Bertz CT molecular complexity index is 992. The molecule has 0 fully saturated rings. The van der Waals surface area contributed by atoms with Crippen molar-refractivity contribution in [3.05, 3.63) is 54.6 Å². The van der Waals surface area contributed by atoms with Gasteiger partial charge < -0.3 is 4.42 Å². The molecule has 4 aromatic rings. The highest BCUT2D eigenvalue weighted by molar-refractivity contribution is 7.98. The molecule has 0 amide bonds. The normalized spacial score (nSPS) is 11.4. The highest BCUT2D eigenvalue weighted by Gasteiger charge is 2.18. The molecule has 1 aromatic carbocycles. The van der Waals surface area contributed by atoms with Crippen molar-refractivity contribution in [3.8, 4) is 17.3 Å². The fourth-order valence-corrected chi connectivity index (χ4v) is 3.56. The van der Waals surface area contributed by atoms with Gasteiger partial charge in [-0.25, -0.2) is 0 Å². The number of nitrogens with zero attached hydrogens (tertiary/aromatic N) is 7. The van der Waals surface area contributed by atoms with Gasteiger partial charge in [0.05, 0.1) is 17.7 Å². The molecule has 0 spiro atoms. The van der Waals surface area contributed by atoms with E-state index in [9.17, 15) is 0 Å². The molecule has 3 heterocycles. The minimum Gasteiger partial charge on any atom is -0.461 e. The summed E-state index contributed by atoms with van der Waals surface area (Å²) in [5, 5.41) is 21.6. The third kappa shape index (κ3) is 3.77. The highest BCUT2D eigenvalue weighted by atomic mass is 32.2. The summed E-state index contributed by atoms with van der Waals surface area (Å²) in [6, 6.07) is 13.6. The lowest BCUT2D eigenvalue weighted by atomic mass is 10.2. The molecule has 0 atom stereocenters. The lowest BCUT2D eigenvalue weighted by Crippen LogP contribution is -2.08. The fraction of sp³-hybridized carbons (Fsp3) is 0.278. The maximum absolute atomic E-state index is 5.51. The summed E-state index contributed by atoms with van der Waals surface area (Å²) in [6.07, 6.45) is 1.64. The Kier molecular flexibility index (Phi) is 5.01. The van der Waals surface area contributed by atoms with Crippen LogP contribution in [0.5, 0.6) is 0 Å². The number of benzene rings is 1. The van der Waals surface area contributed by atoms with Crippen LogP contribution in [0.2, 0.25) is 0 Å². The Balaban J connectivity index is 1.58. The second-order valence-electron chi connectivity index (χ2n) is 6.42. The molecular formula is C18H19N7OS. The summed E-state index contributed by atoms with van der Waals surface area (Å²) < 4.78 is 9.34. The van der Waals surface area contributed by atoms with Crippen molar-refractivity contribution in [3.63, 3.8) is 0 Å². The predicted molar refractivity (Wildman–Crippen MR) is 101 cm³/mol. The maximum atomic E-state index is 5.51. The standard InChI is InChI=1S/C18H19N7OS/c1-13(2)11-24-17(15-9-6-10-26-15)20-21-18(24)27-12-16-19-22-23-25(16)14-7-4-3-5-8-14/h3-10,13H,11-12H2,1-2H3. The second kappa shape index (κ2) is 7.75. The van der Waals surface area contributed by atoms with Crippen molar-refractivity contribution in [2.75, 3.05) is 0 Å². The number of hydrogen-bond donors (Lipinski definition) is 0. The van der Waals surface area contributed by atoms with E-state index in [4.69, 9.17) is 4.42 Å². The number of thioether (sulfide) groups is 1. The van der Waals surface area contributed by atoms with Crippen LogP contribution in [-0.4, -0.2) is 35.0 Å². The first-order valence-electron chi connectivity index (χ1n) is 8.65. The molecule has 8 nitrogen and oxygen atoms in total. The maximum Gasteiger partial charge on any atom is 0.200 e. The Morgan fingerprint density at radius 2 is 1.89 bits per heavy atom. The Morgan fingerprint density at radius 3 is 2.63 bits per heavy atom. The van der Waals surface area contributed by atoms with Crippen LogP contribution in [0.15, 0.2) is 58.3 Å². The van der Waals surface area contributed by atoms with Crippen LogP contribution in [0, 0.1) is 5.92 Å². The number of para-hydroxylation sites is 1. The minimum absolute atomic E-state index is 0.448. The van der Waals surface area contributed by atoms with Crippen molar-refractivity contribution in [1.29, 1.82) is 0 Å². The first kappa shape index (κ1) is 17.5. The monoisotopic (exact) mass is 381 g/mol. The molecule has 0 radical (unpaired) electrons. The van der Waals surface area contributed by atoms with E-state index in [2.05, 4.69) is 44.1 Å². The fourth-order valence-electron chi connectivity index (χ4n) is 2.71. The van der Waals surface area contributed by atoms with Crippen molar-refractivity contribution in [2.45, 2.75) is 31.3 Å². The molecule has 0 aliphatic carbocycles. The number of hydrogen-bond acceptors (Lipinski definition) is 7. The third-order valence-electron chi connectivity index (χ3n) is 3.87. The lowest BCUT2D eigenvalue weighted by Gasteiger charge is -2.11. The van der Waals surface area contributed by atoms with Crippen LogP contribution in [0.4, 0.5) is 0 Å². The van der Waals surface area contributed by atoms with Gasteiger partial charge in [-0.15, -0.1) is 15.3 Å². The Morgan fingerprint density at radius 1 is 1.04 bits per heavy atom. The molecule has 0 saturated carbocycles. The lowest BCUT2D eigenvalue weighted by molar-refractivity contribution is 0.489. The van der Waals surface area contributed by atoms with Crippen LogP contribution in [-0.2, 0) is 12.3 Å². The van der Waals surface area contributed by atoms with E-state index in [1.165, 1.54) is 0 Å². The van der Waals surface area contributed by atoms with Crippen molar-refractivity contribution in [1.82, 2.24) is 35.0 Å². The predicted octanol–water partition coefficient (Wildman–Crippen LogP) is 3.46. The van der Waals surface area contributed by atoms with Gasteiger partial charge in [-0.1, -0.05) is 43.8 Å². The average molecular weight is 381 g/mol. The second-order valence-corrected chi connectivity index (χ2v) is 7.36. The smallest absolute Gasteiger partial charge is 0.200 e. The van der Waals surface area contributed by atoms with Crippen molar-refractivity contribution in [2.24, 2.45) is 5.92 Å². The molecule has 9 heteroatoms. The molecule has 0 aliphatic rings. The van der Waals surface area contributed by atoms with Crippen molar-refractivity contribution >= 4 is 11.8 Å². The summed E-state index contributed by atoms with van der Waals surface area (Å²) in [5.41, 5.74) is 0.929. The number of rotatable bonds is 7. The average Bonchev–Trinajstić information content (AvgIpc) is 3.41. The van der Waals surface area contributed by atoms with E-state index >= 15 is 0 Å². The summed E-state index contributed by atoms with van der Waals surface area (Å²) in [4.78, 5) is 0. The summed E-state index contributed by atoms with van der Waals surface area (Å²) in [5.74, 6) is 3.23. The van der Waals surface area contributed by atoms with E-state index in [1.54, 1.807) is 22.7 Å². The topological polar surface area (TPSA) is 87.5 Å². The van der Waals surface area contributed by atoms with E-state index in [0.29, 0.717) is 17.4 Å². The molecule has 138 valence electrons. The van der Waals surface area contributed by atoms with Gasteiger partial charge in [0.25, 0.3) is 0 Å². The zero-order valence-corrected chi connectivity index (χ0v) is 15.9. The SMILES string of the molecule is CC(C)Cn1c(SCc2nnnn2-c2ccccc2)nnc1-c1ccco1. The largest absolute Gasteiger partial charge is 0.461 e. The van der Waals surface area contributed by atoms with Crippen LogP contribution in [0.25, 0.3) is 17.3 Å². The van der Waals surface area contributed by atoms with E-state index in [1.807, 2.05) is 42.5 Å².